The first kappa shape index (κ1) is 14.9. The molecule has 2 amide bonds. The number of piperazine rings is 1. The van der Waals surface area contributed by atoms with Gasteiger partial charge >= 0.3 is 0 Å². The number of rotatable bonds is 4. The van der Waals surface area contributed by atoms with E-state index in [1.807, 2.05) is 11.8 Å². The van der Waals surface area contributed by atoms with Crippen molar-refractivity contribution in [2.45, 2.75) is 89.3 Å². The number of carbonyl (C=O) groups excluding carboxylic acids is 2. The van der Waals surface area contributed by atoms with E-state index in [9.17, 15) is 9.59 Å². The van der Waals surface area contributed by atoms with Crippen LogP contribution in [0.5, 0.6) is 0 Å². The first-order valence-corrected chi connectivity index (χ1v) is 8.66. The zero-order chi connectivity index (χ0) is 15.3. The quantitative estimate of drug-likeness (QED) is 0.866. The van der Waals surface area contributed by atoms with Crippen LogP contribution in [0.3, 0.4) is 0 Å². The average Bonchev–Trinajstić information content (AvgIpc) is 3.22. The van der Waals surface area contributed by atoms with Crippen LogP contribution in [-0.4, -0.2) is 33.8 Å². The number of hydrogen-bond donors (Lipinski definition) is 1. The number of hydrogen-bond acceptors (Lipinski definition) is 2. The molecule has 2 saturated carbocycles. The summed E-state index contributed by atoms with van der Waals surface area (Å²) in [6, 6.07) is 0.194. The maximum absolute atomic E-state index is 13.3. The van der Waals surface area contributed by atoms with Gasteiger partial charge in [-0.1, -0.05) is 26.7 Å². The van der Waals surface area contributed by atoms with Gasteiger partial charge < -0.3 is 10.2 Å². The molecular formula is C17H28N2O2. The molecule has 3 aliphatic rings. The van der Waals surface area contributed by atoms with Crippen molar-refractivity contribution in [1.29, 1.82) is 0 Å². The fourth-order valence-corrected chi connectivity index (χ4v) is 4.49. The molecule has 0 radical (unpaired) electrons. The first-order valence-electron chi connectivity index (χ1n) is 8.66. The number of nitrogens with one attached hydrogen (secondary N) is 1. The Bertz CT molecular complexity index is 448. The predicted molar refractivity (Wildman–Crippen MR) is 81.7 cm³/mol. The summed E-state index contributed by atoms with van der Waals surface area (Å²) < 4.78 is 0. The molecule has 1 unspecified atom stereocenters. The molecule has 21 heavy (non-hydrogen) atoms. The van der Waals surface area contributed by atoms with Crippen LogP contribution in [0.25, 0.3) is 0 Å². The van der Waals surface area contributed by atoms with E-state index < -0.39 is 11.1 Å². The maximum Gasteiger partial charge on any atom is 0.249 e. The summed E-state index contributed by atoms with van der Waals surface area (Å²) >= 11 is 0. The summed E-state index contributed by atoms with van der Waals surface area (Å²) in [7, 11) is 0. The minimum absolute atomic E-state index is 0.112. The lowest BCUT2D eigenvalue weighted by molar-refractivity contribution is -0.167. The lowest BCUT2D eigenvalue weighted by atomic mass is 9.80. The highest BCUT2D eigenvalue weighted by molar-refractivity contribution is 6.03. The van der Waals surface area contributed by atoms with Gasteiger partial charge in [-0.2, -0.15) is 0 Å². The summed E-state index contributed by atoms with van der Waals surface area (Å²) in [6.45, 7) is 6.21. The second-order valence-electron chi connectivity index (χ2n) is 7.31. The van der Waals surface area contributed by atoms with E-state index in [4.69, 9.17) is 0 Å². The minimum Gasteiger partial charge on any atom is -0.340 e. The predicted octanol–water partition coefficient (Wildman–Crippen LogP) is 2.61. The number of amides is 2. The Morgan fingerprint density at radius 3 is 2.24 bits per heavy atom. The SMILES string of the molecule is CCC(CC)N1C(=O)C(C)(C2CC2)NC(=O)C12CCCC2. The van der Waals surface area contributed by atoms with Crippen molar-refractivity contribution in [3.63, 3.8) is 0 Å². The standard InChI is InChI=1S/C17H28N2O2/c1-4-13(5-2)19-15(21)16(3,12-8-9-12)18-14(20)17(19)10-6-7-11-17/h12-13H,4-11H2,1-3H3,(H,18,20). The zero-order valence-corrected chi connectivity index (χ0v) is 13.6. The van der Waals surface area contributed by atoms with Crippen LogP contribution in [0.4, 0.5) is 0 Å². The van der Waals surface area contributed by atoms with Gasteiger partial charge in [-0.15, -0.1) is 0 Å². The van der Waals surface area contributed by atoms with E-state index in [0.29, 0.717) is 5.92 Å². The topological polar surface area (TPSA) is 49.4 Å². The van der Waals surface area contributed by atoms with Crippen LogP contribution in [0, 0.1) is 5.92 Å². The second kappa shape index (κ2) is 4.99. The summed E-state index contributed by atoms with van der Waals surface area (Å²) in [4.78, 5) is 28.3. The third-order valence-corrected chi connectivity index (χ3v) is 6.05. The van der Waals surface area contributed by atoms with Crippen molar-refractivity contribution in [2.75, 3.05) is 0 Å². The highest BCUT2D eigenvalue weighted by Gasteiger charge is 2.62. The molecule has 3 fully saturated rings. The average molecular weight is 292 g/mol. The molecule has 0 bridgehead atoms. The Kier molecular flexibility index (Phi) is 3.53. The normalized spacial score (nSPS) is 32.1. The fourth-order valence-electron chi connectivity index (χ4n) is 4.49. The lowest BCUT2D eigenvalue weighted by Crippen LogP contribution is -2.76. The number of carbonyl (C=O) groups is 2. The summed E-state index contributed by atoms with van der Waals surface area (Å²) in [5.74, 6) is 0.630. The molecule has 4 nitrogen and oxygen atoms in total. The van der Waals surface area contributed by atoms with Gasteiger partial charge in [0.15, 0.2) is 0 Å². The Balaban J connectivity index is 2.02. The van der Waals surface area contributed by atoms with E-state index in [2.05, 4.69) is 19.2 Å². The van der Waals surface area contributed by atoms with Gasteiger partial charge in [0.25, 0.3) is 0 Å². The molecule has 3 rings (SSSR count). The van der Waals surface area contributed by atoms with Gasteiger partial charge in [-0.3, -0.25) is 9.59 Å². The molecule has 0 aromatic rings. The fraction of sp³-hybridized carbons (Fsp3) is 0.882. The van der Waals surface area contributed by atoms with Crippen LogP contribution in [0.1, 0.15) is 72.1 Å². The maximum atomic E-state index is 13.3. The molecule has 118 valence electrons. The van der Waals surface area contributed by atoms with Crippen molar-refractivity contribution < 1.29 is 9.59 Å². The van der Waals surface area contributed by atoms with Gasteiger partial charge in [-0.05, 0) is 51.4 Å². The molecule has 1 spiro atoms. The van der Waals surface area contributed by atoms with Crippen LogP contribution in [0.2, 0.25) is 0 Å². The molecule has 1 N–H and O–H groups in total. The summed E-state index contributed by atoms with van der Waals surface area (Å²) in [6.07, 6.45) is 7.76. The lowest BCUT2D eigenvalue weighted by Gasteiger charge is -2.53. The van der Waals surface area contributed by atoms with E-state index in [-0.39, 0.29) is 17.9 Å². The van der Waals surface area contributed by atoms with Gasteiger partial charge in [-0.25, -0.2) is 0 Å². The Hall–Kier alpha value is -1.06. The van der Waals surface area contributed by atoms with Crippen LogP contribution in [0.15, 0.2) is 0 Å². The van der Waals surface area contributed by atoms with Crippen LogP contribution >= 0.6 is 0 Å². The highest BCUT2D eigenvalue weighted by atomic mass is 16.2. The third kappa shape index (κ3) is 2.01. The molecule has 4 heteroatoms. The van der Waals surface area contributed by atoms with E-state index in [1.165, 1.54) is 0 Å². The van der Waals surface area contributed by atoms with Crippen LogP contribution < -0.4 is 5.32 Å². The van der Waals surface area contributed by atoms with E-state index in [0.717, 1.165) is 51.4 Å². The molecule has 1 heterocycles. The van der Waals surface area contributed by atoms with Gasteiger partial charge in [0.2, 0.25) is 11.8 Å². The van der Waals surface area contributed by atoms with Crippen molar-refractivity contribution in [3.8, 4) is 0 Å². The largest absolute Gasteiger partial charge is 0.340 e. The third-order valence-electron chi connectivity index (χ3n) is 6.05. The van der Waals surface area contributed by atoms with Crippen molar-refractivity contribution in [2.24, 2.45) is 5.92 Å². The smallest absolute Gasteiger partial charge is 0.249 e. The summed E-state index contributed by atoms with van der Waals surface area (Å²) in [5.41, 5.74) is -1.21. The monoisotopic (exact) mass is 292 g/mol. The van der Waals surface area contributed by atoms with Gasteiger partial charge in [0, 0.05) is 6.04 Å². The highest BCUT2D eigenvalue weighted by Crippen LogP contribution is 2.48. The Morgan fingerprint density at radius 2 is 1.76 bits per heavy atom. The number of nitrogens with zero attached hydrogens (tertiary/aromatic N) is 1. The van der Waals surface area contributed by atoms with E-state index in [1.54, 1.807) is 0 Å². The van der Waals surface area contributed by atoms with Crippen molar-refractivity contribution in [1.82, 2.24) is 10.2 Å². The zero-order valence-electron chi connectivity index (χ0n) is 13.6. The second-order valence-corrected chi connectivity index (χ2v) is 7.31. The molecule has 1 atom stereocenters. The van der Waals surface area contributed by atoms with Crippen molar-refractivity contribution >= 4 is 11.8 Å². The van der Waals surface area contributed by atoms with E-state index >= 15 is 0 Å². The van der Waals surface area contributed by atoms with Gasteiger partial charge in [0.1, 0.15) is 11.1 Å². The van der Waals surface area contributed by atoms with Crippen LogP contribution in [-0.2, 0) is 9.59 Å². The molecule has 2 aliphatic carbocycles. The molecule has 0 aromatic carbocycles. The Labute approximate surface area is 127 Å². The molecular weight excluding hydrogens is 264 g/mol. The summed E-state index contributed by atoms with van der Waals surface area (Å²) in [5, 5.41) is 3.14. The Morgan fingerprint density at radius 1 is 1.19 bits per heavy atom. The van der Waals surface area contributed by atoms with Gasteiger partial charge in [0.05, 0.1) is 0 Å². The first-order chi connectivity index (χ1) is 9.99. The molecule has 1 saturated heterocycles. The van der Waals surface area contributed by atoms with Crippen molar-refractivity contribution in [3.05, 3.63) is 0 Å². The molecule has 1 aliphatic heterocycles. The minimum atomic E-state index is -0.659. The molecule has 0 aromatic heterocycles.